The zero-order chi connectivity index (χ0) is 17.9. The molecule has 0 aliphatic carbocycles. The van der Waals surface area contributed by atoms with Crippen molar-refractivity contribution in [3.05, 3.63) is 34.4 Å². The highest BCUT2D eigenvalue weighted by molar-refractivity contribution is 9.10. The lowest BCUT2D eigenvalue weighted by atomic mass is 10.1. The molecular formula is C17H21BrN2O4. The maximum atomic E-state index is 12.0. The van der Waals surface area contributed by atoms with Crippen molar-refractivity contribution in [1.29, 1.82) is 0 Å². The smallest absolute Gasteiger partial charge is 0.408 e. The van der Waals surface area contributed by atoms with Crippen molar-refractivity contribution in [1.82, 2.24) is 10.3 Å². The van der Waals surface area contributed by atoms with Crippen LogP contribution < -0.4 is 5.32 Å². The summed E-state index contributed by atoms with van der Waals surface area (Å²) in [5, 5.41) is 3.56. The number of aromatic amines is 1. The van der Waals surface area contributed by atoms with Crippen LogP contribution in [0.15, 0.2) is 28.9 Å². The van der Waals surface area contributed by atoms with Gasteiger partial charge in [-0.3, -0.25) is 0 Å². The molecule has 1 amide bonds. The van der Waals surface area contributed by atoms with E-state index in [1.165, 1.54) is 7.11 Å². The van der Waals surface area contributed by atoms with E-state index in [1.807, 2.05) is 24.4 Å². The molecule has 0 bridgehead atoms. The van der Waals surface area contributed by atoms with Crippen LogP contribution in [-0.2, 0) is 20.7 Å². The Morgan fingerprint density at radius 3 is 2.67 bits per heavy atom. The van der Waals surface area contributed by atoms with Gasteiger partial charge in [-0.15, -0.1) is 0 Å². The van der Waals surface area contributed by atoms with Crippen molar-refractivity contribution in [3.63, 3.8) is 0 Å². The summed E-state index contributed by atoms with van der Waals surface area (Å²) >= 11 is 3.48. The molecule has 1 aromatic heterocycles. The maximum absolute atomic E-state index is 12.0. The minimum absolute atomic E-state index is 0.294. The predicted octanol–water partition coefficient (Wildman–Crippen LogP) is 3.54. The molecule has 130 valence electrons. The van der Waals surface area contributed by atoms with Crippen LogP contribution in [0.25, 0.3) is 10.9 Å². The quantitative estimate of drug-likeness (QED) is 0.774. The number of alkyl carbamates (subject to hydrolysis) is 1. The van der Waals surface area contributed by atoms with Crippen LogP contribution in [0, 0.1) is 0 Å². The molecule has 1 atom stereocenters. The number of amides is 1. The number of ether oxygens (including phenoxy) is 2. The van der Waals surface area contributed by atoms with Gasteiger partial charge in [-0.25, -0.2) is 9.59 Å². The van der Waals surface area contributed by atoms with E-state index in [2.05, 4.69) is 26.2 Å². The molecule has 0 saturated heterocycles. The van der Waals surface area contributed by atoms with Gasteiger partial charge in [-0.05, 0) is 48.3 Å². The van der Waals surface area contributed by atoms with Gasteiger partial charge in [0.25, 0.3) is 0 Å². The summed E-state index contributed by atoms with van der Waals surface area (Å²) in [6.07, 6.45) is 1.46. The molecule has 0 fully saturated rings. The normalized spacial score (nSPS) is 12.7. The Balaban J connectivity index is 2.21. The molecule has 6 nitrogen and oxygen atoms in total. The Hall–Kier alpha value is -2.02. The van der Waals surface area contributed by atoms with Crippen LogP contribution in [0.2, 0.25) is 0 Å². The fourth-order valence-corrected chi connectivity index (χ4v) is 2.83. The van der Waals surface area contributed by atoms with E-state index >= 15 is 0 Å². The average Bonchev–Trinajstić information content (AvgIpc) is 2.88. The van der Waals surface area contributed by atoms with Gasteiger partial charge in [0.1, 0.15) is 11.6 Å². The first-order valence-corrected chi connectivity index (χ1v) is 8.32. The molecule has 0 radical (unpaired) electrons. The molecule has 24 heavy (non-hydrogen) atoms. The molecule has 2 aromatic rings. The second-order valence-corrected chi connectivity index (χ2v) is 7.26. The molecule has 0 aliphatic heterocycles. The number of aromatic nitrogens is 1. The van der Waals surface area contributed by atoms with Crippen LogP contribution in [0.4, 0.5) is 4.79 Å². The van der Waals surface area contributed by atoms with Gasteiger partial charge >= 0.3 is 12.1 Å². The number of nitrogens with one attached hydrogen (secondary N) is 2. The number of carbonyl (C=O) groups excluding carboxylic acids is 2. The van der Waals surface area contributed by atoms with Gasteiger partial charge in [-0.1, -0.05) is 12.1 Å². The Morgan fingerprint density at radius 1 is 1.33 bits per heavy atom. The standard InChI is InChI=1S/C17H21BrN2O4/c1-17(2,3)24-16(22)20-13(15(21)23-4)8-10-9-19-14-11(10)6-5-7-12(14)18/h5-7,9,13,19H,8H2,1-4H3,(H,20,22)/t13-/m0/s1. The summed E-state index contributed by atoms with van der Waals surface area (Å²) in [6, 6.07) is 4.97. The number of benzene rings is 1. The van der Waals surface area contributed by atoms with Gasteiger partial charge in [-0.2, -0.15) is 0 Å². The number of fused-ring (bicyclic) bond motifs is 1. The van der Waals surface area contributed by atoms with Gasteiger partial charge < -0.3 is 19.8 Å². The number of rotatable bonds is 4. The molecule has 2 rings (SSSR count). The highest BCUT2D eigenvalue weighted by atomic mass is 79.9. The number of carbonyl (C=O) groups is 2. The van der Waals surface area contributed by atoms with Crippen molar-refractivity contribution >= 4 is 38.9 Å². The summed E-state index contributed by atoms with van der Waals surface area (Å²) < 4.78 is 10.9. The first-order valence-electron chi connectivity index (χ1n) is 7.53. The molecule has 7 heteroatoms. The van der Waals surface area contributed by atoms with E-state index in [0.29, 0.717) is 6.42 Å². The lowest BCUT2D eigenvalue weighted by Crippen LogP contribution is -2.45. The van der Waals surface area contributed by atoms with Gasteiger partial charge in [0, 0.05) is 22.5 Å². The Morgan fingerprint density at radius 2 is 2.04 bits per heavy atom. The number of halogens is 1. The second-order valence-electron chi connectivity index (χ2n) is 6.40. The van der Waals surface area contributed by atoms with Crippen molar-refractivity contribution in [2.24, 2.45) is 0 Å². The maximum Gasteiger partial charge on any atom is 0.408 e. The topological polar surface area (TPSA) is 80.4 Å². The van der Waals surface area contributed by atoms with Gasteiger partial charge in [0.15, 0.2) is 0 Å². The third-order valence-electron chi connectivity index (χ3n) is 3.35. The monoisotopic (exact) mass is 396 g/mol. The second kappa shape index (κ2) is 7.25. The van der Waals surface area contributed by atoms with E-state index in [4.69, 9.17) is 9.47 Å². The van der Waals surface area contributed by atoms with Crippen LogP contribution in [-0.4, -0.2) is 35.8 Å². The fraction of sp³-hybridized carbons (Fsp3) is 0.412. The molecule has 0 unspecified atom stereocenters. The number of H-pyrrole nitrogens is 1. The highest BCUT2D eigenvalue weighted by Crippen LogP contribution is 2.26. The van der Waals surface area contributed by atoms with Gasteiger partial charge in [0.2, 0.25) is 0 Å². The Labute approximate surface area is 149 Å². The molecule has 0 saturated carbocycles. The summed E-state index contributed by atoms with van der Waals surface area (Å²) in [4.78, 5) is 27.2. The lowest BCUT2D eigenvalue weighted by Gasteiger charge is -2.22. The van der Waals surface area contributed by atoms with E-state index in [1.54, 1.807) is 20.8 Å². The third kappa shape index (κ3) is 4.50. The third-order valence-corrected chi connectivity index (χ3v) is 4.01. The van der Waals surface area contributed by atoms with E-state index < -0.39 is 23.7 Å². The van der Waals surface area contributed by atoms with Crippen LogP contribution in [0.3, 0.4) is 0 Å². The molecule has 2 N–H and O–H groups in total. The summed E-state index contributed by atoms with van der Waals surface area (Å²) in [5.41, 5.74) is 1.20. The minimum atomic E-state index is -0.831. The number of esters is 1. The first-order chi connectivity index (χ1) is 11.2. The molecule has 0 aliphatic rings. The van der Waals surface area contributed by atoms with Gasteiger partial charge in [0.05, 0.1) is 12.6 Å². The fourth-order valence-electron chi connectivity index (χ4n) is 2.35. The van der Waals surface area contributed by atoms with Crippen molar-refractivity contribution in [3.8, 4) is 0 Å². The minimum Gasteiger partial charge on any atom is -0.467 e. The molecule has 1 heterocycles. The molecular weight excluding hydrogens is 376 g/mol. The lowest BCUT2D eigenvalue weighted by molar-refractivity contribution is -0.143. The number of hydrogen-bond acceptors (Lipinski definition) is 4. The van der Waals surface area contributed by atoms with E-state index in [-0.39, 0.29) is 0 Å². The van der Waals surface area contributed by atoms with Crippen molar-refractivity contribution < 1.29 is 19.1 Å². The number of methoxy groups -OCH3 is 1. The molecule has 1 aromatic carbocycles. The SMILES string of the molecule is COC(=O)[C@H](Cc1c[nH]c2c(Br)cccc12)NC(=O)OC(C)(C)C. The number of para-hydroxylation sites is 1. The Kier molecular flexibility index (Phi) is 5.54. The van der Waals surface area contributed by atoms with Crippen LogP contribution >= 0.6 is 15.9 Å². The highest BCUT2D eigenvalue weighted by Gasteiger charge is 2.26. The first kappa shape index (κ1) is 18.3. The van der Waals surface area contributed by atoms with Crippen molar-refractivity contribution in [2.45, 2.75) is 38.8 Å². The van der Waals surface area contributed by atoms with Crippen LogP contribution in [0.5, 0.6) is 0 Å². The molecule has 0 spiro atoms. The summed E-state index contributed by atoms with van der Waals surface area (Å²) in [6.45, 7) is 5.28. The van der Waals surface area contributed by atoms with E-state index in [9.17, 15) is 9.59 Å². The zero-order valence-corrected chi connectivity index (χ0v) is 15.7. The Bertz CT molecular complexity index is 749. The summed E-state index contributed by atoms with van der Waals surface area (Å²) in [5.74, 6) is -0.523. The number of hydrogen-bond donors (Lipinski definition) is 2. The zero-order valence-electron chi connectivity index (χ0n) is 14.1. The predicted molar refractivity (Wildman–Crippen MR) is 94.9 cm³/mol. The average molecular weight is 397 g/mol. The van der Waals surface area contributed by atoms with E-state index in [0.717, 1.165) is 20.9 Å². The summed E-state index contributed by atoms with van der Waals surface area (Å²) in [7, 11) is 1.29. The van der Waals surface area contributed by atoms with Crippen LogP contribution in [0.1, 0.15) is 26.3 Å². The van der Waals surface area contributed by atoms with Crippen molar-refractivity contribution in [2.75, 3.05) is 7.11 Å². The largest absolute Gasteiger partial charge is 0.467 e.